The minimum Gasteiger partial charge on any atom is -0.339 e. The molecule has 1 aromatic heterocycles. The molecule has 0 radical (unpaired) electrons. The van der Waals surface area contributed by atoms with Gasteiger partial charge in [-0.05, 0) is 37.1 Å². The number of likely N-dealkylation sites (tertiary alicyclic amines) is 1. The van der Waals surface area contributed by atoms with Crippen molar-refractivity contribution < 1.29 is 18.0 Å². The van der Waals surface area contributed by atoms with Gasteiger partial charge in [-0.15, -0.1) is 11.3 Å². The summed E-state index contributed by atoms with van der Waals surface area (Å²) in [6, 6.07) is 5.94. The zero-order valence-electron chi connectivity index (χ0n) is 15.7. The van der Waals surface area contributed by atoms with E-state index >= 15 is 0 Å². The van der Waals surface area contributed by atoms with Gasteiger partial charge in [0, 0.05) is 50.2 Å². The van der Waals surface area contributed by atoms with Crippen LogP contribution < -0.4 is 5.32 Å². The van der Waals surface area contributed by atoms with Gasteiger partial charge in [-0.1, -0.05) is 0 Å². The van der Waals surface area contributed by atoms with Crippen LogP contribution in [0.2, 0.25) is 0 Å². The Bertz CT molecular complexity index is 932. The number of hydrogen-bond donors (Lipinski definition) is 1. The van der Waals surface area contributed by atoms with Crippen molar-refractivity contribution >= 4 is 38.3 Å². The third kappa shape index (κ3) is 4.40. The summed E-state index contributed by atoms with van der Waals surface area (Å²) in [5.74, 6) is -0.381. The van der Waals surface area contributed by atoms with E-state index in [0.717, 1.165) is 4.31 Å². The van der Waals surface area contributed by atoms with Crippen LogP contribution >= 0.6 is 11.3 Å². The maximum atomic E-state index is 12.7. The van der Waals surface area contributed by atoms with Gasteiger partial charge in [0.15, 0.2) is 5.13 Å². The number of hydrogen-bond acceptors (Lipinski definition) is 6. The number of carbonyl (C=O) groups excluding carboxylic acids is 2. The summed E-state index contributed by atoms with van der Waals surface area (Å²) in [6.45, 7) is 0.957. The summed E-state index contributed by atoms with van der Waals surface area (Å²) < 4.78 is 25.4. The standard InChI is InChI=1S/C18H22N4O4S2/c1-21(2)28(25,26)15-5-3-14(4-6-15)17(24)22-10-7-13(8-11-22)16(23)20-18-19-9-12-27-18/h3-6,9,12-13H,7-8,10-11H2,1-2H3,(H,19,20,23). The number of benzene rings is 1. The molecule has 1 aliphatic heterocycles. The lowest BCUT2D eigenvalue weighted by atomic mass is 9.95. The normalized spacial score (nSPS) is 15.6. The minimum atomic E-state index is -3.52. The Morgan fingerprint density at radius 1 is 1.18 bits per heavy atom. The monoisotopic (exact) mass is 422 g/mol. The molecular formula is C18H22N4O4S2. The molecule has 2 heterocycles. The van der Waals surface area contributed by atoms with Gasteiger partial charge in [0.25, 0.3) is 5.91 Å². The number of thiazole rings is 1. The zero-order valence-corrected chi connectivity index (χ0v) is 17.3. The highest BCUT2D eigenvalue weighted by molar-refractivity contribution is 7.89. The first-order chi connectivity index (χ1) is 13.3. The van der Waals surface area contributed by atoms with Crippen LogP contribution in [0.3, 0.4) is 0 Å². The second-order valence-corrected chi connectivity index (χ2v) is 9.75. The van der Waals surface area contributed by atoms with E-state index in [1.54, 1.807) is 16.5 Å². The molecule has 1 saturated heterocycles. The number of carbonyl (C=O) groups is 2. The molecule has 1 aliphatic rings. The van der Waals surface area contributed by atoms with E-state index in [4.69, 9.17) is 0 Å². The van der Waals surface area contributed by atoms with Crippen LogP contribution in [-0.2, 0) is 14.8 Å². The molecule has 8 nitrogen and oxygen atoms in total. The molecular weight excluding hydrogens is 400 g/mol. The van der Waals surface area contributed by atoms with Crippen molar-refractivity contribution in [1.29, 1.82) is 0 Å². The first kappa shape index (κ1) is 20.4. The van der Waals surface area contributed by atoms with E-state index in [9.17, 15) is 18.0 Å². The molecule has 10 heteroatoms. The summed E-state index contributed by atoms with van der Waals surface area (Å²) in [4.78, 5) is 30.9. The van der Waals surface area contributed by atoms with Gasteiger partial charge in [0.2, 0.25) is 15.9 Å². The van der Waals surface area contributed by atoms with Crippen LogP contribution in [0.5, 0.6) is 0 Å². The van der Waals surface area contributed by atoms with Crippen molar-refractivity contribution in [2.45, 2.75) is 17.7 Å². The number of anilines is 1. The highest BCUT2D eigenvalue weighted by atomic mass is 32.2. The topological polar surface area (TPSA) is 99.7 Å². The molecule has 0 unspecified atom stereocenters. The molecule has 2 aromatic rings. The Morgan fingerprint density at radius 3 is 2.36 bits per heavy atom. The third-order valence-corrected chi connectivity index (χ3v) is 7.21. The molecule has 0 bridgehead atoms. The highest BCUT2D eigenvalue weighted by Gasteiger charge is 2.28. The molecule has 0 saturated carbocycles. The fraction of sp³-hybridized carbons (Fsp3) is 0.389. The fourth-order valence-corrected chi connectivity index (χ4v) is 4.43. The molecule has 0 spiro atoms. The molecule has 28 heavy (non-hydrogen) atoms. The van der Waals surface area contributed by atoms with Crippen molar-refractivity contribution in [2.24, 2.45) is 5.92 Å². The average molecular weight is 423 g/mol. The number of rotatable bonds is 5. The van der Waals surface area contributed by atoms with Gasteiger partial charge in [-0.2, -0.15) is 0 Å². The Morgan fingerprint density at radius 2 is 1.82 bits per heavy atom. The largest absolute Gasteiger partial charge is 0.339 e. The van der Waals surface area contributed by atoms with Crippen molar-refractivity contribution in [3.05, 3.63) is 41.4 Å². The van der Waals surface area contributed by atoms with Crippen LogP contribution in [0.25, 0.3) is 0 Å². The van der Waals surface area contributed by atoms with Crippen LogP contribution in [0.4, 0.5) is 5.13 Å². The maximum Gasteiger partial charge on any atom is 0.253 e. The van der Waals surface area contributed by atoms with Gasteiger partial charge >= 0.3 is 0 Å². The summed E-state index contributed by atoms with van der Waals surface area (Å²) in [7, 11) is -0.600. The molecule has 1 N–H and O–H groups in total. The van der Waals surface area contributed by atoms with Crippen molar-refractivity contribution in [3.8, 4) is 0 Å². The summed E-state index contributed by atoms with van der Waals surface area (Å²) in [5.41, 5.74) is 0.434. The van der Waals surface area contributed by atoms with E-state index in [0.29, 0.717) is 36.6 Å². The zero-order chi connectivity index (χ0) is 20.3. The average Bonchev–Trinajstić information content (AvgIpc) is 3.20. The molecule has 1 fully saturated rings. The Hall–Kier alpha value is -2.30. The second-order valence-electron chi connectivity index (χ2n) is 6.70. The summed E-state index contributed by atoms with van der Waals surface area (Å²) in [6.07, 6.45) is 2.79. The molecule has 150 valence electrons. The SMILES string of the molecule is CN(C)S(=O)(=O)c1ccc(C(=O)N2CCC(C(=O)Nc3nccs3)CC2)cc1. The first-order valence-corrected chi connectivity index (χ1v) is 11.1. The Balaban J connectivity index is 1.58. The predicted molar refractivity (Wildman–Crippen MR) is 107 cm³/mol. The van der Waals surface area contributed by atoms with Crippen LogP contribution in [-0.4, -0.2) is 61.6 Å². The molecule has 1 aromatic carbocycles. The lowest BCUT2D eigenvalue weighted by Gasteiger charge is -2.31. The summed E-state index contributed by atoms with van der Waals surface area (Å²) >= 11 is 1.37. The highest BCUT2D eigenvalue weighted by Crippen LogP contribution is 2.22. The predicted octanol–water partition coefficient (Wildman–Crippen LogP) is 1.88. The third-order valence-electron chi connectivity index (χ3n) is 4.70. The lowest BCUT2D eigenvalue weighted by molar-refractivity contribution is -0.121. The van der Waals surface area contributed by atoms with Gasteiger partial charge in [0.05, 0.1) is 4.90 Å². The van der Waals surface area contributed by atoms with Gasteiger partial charge < -0.3 is 10.2 Å². The summed E-state index contributed by atoms with van der Waals surface area (Å²) in [5, 5.41) is 5.18. The number of sulfonamides is 1. The number of amides is 2. The fourth-order valence-electron chi connectivity index (χ4n) is 3.00. The van der Waals surface area contributed by atoms with Crippen molar-refractivity contribution in [1.82, 2.24) is 14.2 Å². The van der Waals surface area contributed by atoms with E-state index < -0.39 is 10.0 Å². The van der Waals surface area contributed by atoms with Crippen LogP contribution in [0.1, 0.15) is 23.2 Å². The van der Waals surface area contributed by atoms with Crippen LogP contribution in [0.15, 0.2) is 40.7 Å². The van der Waals surface area contributed by atoms with E-state index in [-0.39, 0.29) is 22.6 Å². The smallest absolute Gasteiger partial charge is 0.253 e. The number of nitrogens with one attached hydrogen (secondary N) is 1. The van der Waals surface area contributed by atoms with Crippen LogP contribution in [0, 0.1) is 5.92 Å². The minimum absolute atomic E-state index is 0.0692. The van der Waals surface area contributed by atoms with Gasteiger partial charge in [0.1, 0.15) is 0 Å². The van der Waals surface area contributed by atoms with Crippen molar-refractivity contribution in [3.63, 3.8) is 0 Å². The van der Waals surface area contributed by atoms with Gasteiger partial charge in [-0.3, -0.25) is 9.59 Å². The number of piperidine rings is 1. The number of aromatic nitrogens is 1. The molecule has 3 rings (SSSR count). The quantitative estimate of drug-likeness (QED) is 0.793. The van der Waals surface area contributed by atoms with E-state index in [2.05, 4.69) is 10.3 Å². The van der Waals surface area contributed by atoms with E-state index in [1.807, 2.05) is 0 Å². The lowest BCUT2D eigenvalue weighted by Crippen LogP contribution is -2.41. The molecule has 0 atom stereocenters. The Kier molecular flexibility index (Phi) is 6.11. The van der Waals surface area contributed by atoms with E-state index in [1.165, 1.54) is 49.7 Å². The number of nitrogens with zero attached hydrogens (tertiary/aromatic N) is 3. The Labute approximate surface area is 168 Å². The second kappa shape index (κ2) is 8.38. The molecule has 0 aliphatic carbocycles. The molecule has 2 amide bonds. The maximum absolute atomic E-state index is 12.7. The first-order valence-electron chi connectivity index (χ1n) is 8.81. The van der Waals surface area contributed by atoms with Gasteiger partial charge in [-0.25, -0.2) is 17.7 Å². The van der Waals surface area contributed by atoms with Crippen molar-refractivity contribution in [2.75, 3.05) is 32.5 Å².